The SMILES string of the molecule is COc1cccc(/C=C(\NC(=O)c2ccccc2)C(=O)Nc2ccc(SC(C)C(=O)Nc3ccc(F)cc3)cc2)c1OC. The van der Waals surface area contributed by atoms with Gasteiger partial charge in [-0.2, -0.15) is 0 Å². The summed E-state index contributed by atoms with van der Waals surface area (Å²) in [6.07, 6.45) is 1.52. The van der Waals surface area contributed by atoms with E-state index in [1.54, 1.807) is 79.7 Å². The fraction of sp³-hybridized carbons (Fsp3) is 0.121. The molecule has 3 N–H and O–H groups in total. The number of halogens is 1. The van der Waals surface area contributed by atoms with Crippen LogP contribution in [0, 0.1) is 5.82 Å². The lowest BCUT2D eigenvalue weighted by Gasteiger charge is -2.14. The van der Waals surface area contributed by atoms with Gasteiger partial charge in [-0.05, 0) is 79.7 Å². The summed E-state index contributed by atoms with van der Waals surface area (Å²) in [6, 6.07) is 26.3. The Labute approximate surface area is 253 Å². The number of hydrogen-bond donors (Lipinski definition) is 3. The zero-order valence-electron chi connectivity index (χ0n) is 23.7. The van der Waals surface area contributed by atoms with Crippen LogP contribution in [0.15, 0.2) is 108 Å². The number of carbonyl (C=O) groups is 3. The van der Waals surface area contributed by atoms with Gasteiger partial charge in [0.15, 0.2) is 11.5 Å². The highest BCUT2D eigenvalue weighted by molar-refractivity contribution is 8.00. The van der Waals surface area contributed by atoms with Crippen molar-refractivity contribution in [2.45, 2.75) is 17.1 Å². The fourth-order valence-electron chi connectivity index (χ4n) is 3.97. The van der Waals surface area contributed by atoms with E-state index in [-0.39, 0.29) is 17.4 Å². The first-order chi connectivity index (χ1) is 20.8. The van der Waals surface area contributed by atoms with Crippen LogP contribution in [0.1, 0.15) is 22.8 Å². The van der Waals surface area contributed by atoms with Crippen molar-refractivity contribution in [1.29, 1.82) is 0 Å². The maximum absolute atomic E-state index is 13.4. The van der Waals surface area contributed by atoms with Crippen LogP contribution in [0.4, 0.5) is 15.8 Å². The summed E-state index contributed by atoms with van der Waals surface area (Å²) in [5, 5.41) is 7.84. The maximum atomic E-state index is 13.4. The number of amides is 3. The molecule has 3 amide bonds. The Morgan fingerprint density at radius 1 is 0.791 bits per heavy atom. The molecule has 4 rings (SSSR count). The largest absolute Gasteiger partial charge is 0.493 e. The molecule has 0 saturated heterocycles. The average Bonchev–Trinajstić information content (AvgIpc) is 3.02. The second kappa shape index (κ2) is 14.7. The van der Waals surface area contributed by atoms with Crippen molar-refractivity contribution in [3.8, 4) is 11.5 Å². The quantitative estimate of drug-likeness (QED) is 0.137. The van der Waals surface area contributed by atoms with Crippen molar-refractivity contribution in [3.63, 3.8) is 0 Å². The van der Waals surface area contributed by atoms with Gasteiger partial charge in [0.2, 0.25) is 5.91 Å². The predicted molar refractivity (Wildman–Crippen MR) is 167 cm³/mol. The Hall–Kier alpha value is -5.09. The lowest BCUT2D eigenvalue weighted by molar-refractivity contribution is -0.115. The third kappa shape index (κ3) is 8.46. The first-order valence-electron chi connectivity index (χ1n) is 13.2. The number of nitrogens with one attached hydrogen (secondary N) is 3. The summed E-state index contributed by atoms with van der Waals surface area (Å²) in [6.45, 7) is 1.76. The van der Waals surface area contributed by atoms with E-state index in [4.69, 9.17) is 9.47 Å². The van der Waals surface area contributed by atoms with Crippen molar-refractivity contribution in [1.82, 2.24) is 5.32 Å². The first-order valence-corrected chi connectivity index (χ1v) is 14.1. The smallest absolute Gasteiger partial charge is 0.272 e. The predicted octanol–water partition coefficient (Wildman–Crippen LogP) is 6.37. The van der Waals surface area contributed by atoms with Gasteiger partial charge < -0.3 is 25.4 Å². The minimum absolute atomic E-state index is 0.00931. The van der Waals surface area contributed by atoms with E-state index in [9.17, 15) is 18.8 Å². The highest BCUT2D eigenvalue weighted by atomic mass is 32.2. The summed E-state index contributed by atoms with van der Waals surface area (Å²) in [4.78, 5) is 39.8. The molecule has 0 aliphatic heterocycles. The molecule has 4 aromatic carbocycles. The lowest BCUT2D eigenvalue weighted by atomic mass is 10.1. The van der Waals surface area contributed by atoms with Gasteiger partial charge in [0, 0.05) is 27.4 Å². The molecule has 0 spiro atoms. The molecule has 4 aromatic rings. The molecule has 0 aromatic heterocycles. The highest BCUT2D eigenvalue weighted by Crippen LogP contribution is 2.32. The summed E-state index contributed by atoms with van der Waals surface area (Å²) in [7, 11) is 3.00. The fourth-order valence-corrected chi connectivity index (χ4v) is 4.84. The van der Waals surface area contributed by atoms with Crippen LogP contribution < -0.4 is 25.4 Å². The molecule has 0 aliphatic rings. The van der Waals surface area contributed by atoms with Crippen molar-refractivity contribution >= 4 is 46.9 Å². The van der Waals surface area contributed by atoms with Crippen molar-refractivity contribution < 1.29 is 28.2 Å². The number of methoxy groups -OCH3 is 2. The molecule has 0 heterocycles. The highest BCUT2D eigenvalue weighted by Gasteiger charge is 2.18. The van der Waals surface area contributed by atoms with Crippen LogP contribution >= 0.6 is 11.8 Å². The summed E-state index contributed by atoms with van der Waals surface area (Å²) in [5.41, 5.74) is 1.89. The van der Waals surface area contributed by atoms with Gasteiger partial charge in [0.1, 0.15) is 11.5 Å². The van der Waals surface area contributed by atoms with Crippen LogP contribution in [0.25, 0.3) is 6.08 Å². The normalized spacial score (nSPS) is 11.7. The van der Waals surface area contributed by atoms with Gasteiger partial charge in [-0.15, -0.1) is 11.8 Å². The molecule has 0 bridgehead atoms. The summed E-state index contributed by atoms with van der Waals surface area (Å²) >= 11 is 1.33. The first kappa shape index (κ1) is 30.9. The lowest BCUT2D eigenvalue weighted by Crippen LogP contribution is -2.30. The summed E-state index contributed by atoms with van der Waals surface area (Å²) < 4.78 is 24.0. The number of carbonyl (C=O) groups excluding carboxylic acids is 3. The molecule has 8 nitrogen and oxygen atoms in total. The van der Waals surface area contributed by atoms with Gasteiger partial charge in [-0.25, -0.2) is 4.39 Å². The number of hydrogen-bond acceptors (Lipinski definition) is 6. The van der Waals surface area contributed by atoms with Crippen LogP contribution in [0.2, 0.25) is 0 Å². The second-order valence-electron chi connectivity index (χ2n) is 9.20. The summed E-state index contributed by atoms with van der Waals surface area (Å²) in [5.74, 6) is -0.743. The number of rotatable bonds is 11. The zero-order valence-corrected chi connectivity index (χ0v) is 24.5. The molecular formula is C33H30FN3O5S. The average molecular weight is 600 g/mol. The molecule has 0 aliphatic carbocycles. The number of thioether (sulfide) groups is 1. The van der Waals surface area contributed by atoms with Crippen LogP contribution in [-0.2, 0) is 9.59 Å². The van der Waals surface area contributed by atoms with E-state index in [2.05, 4.69) is 16.0 Å². The molecular weight excluding hydrogens is 569 g/mol. The van der Waals surface area contributed by atoms with Gasteiger partial charge >= 0.3 is 0 Å². The monoisotopic (exact) mass is 599 g/mol. The topological polar surface area (TPSA) is 106 Å². The van der Waals surface area contributed by atoms with E-state index < -0.39 is 17.1 Å². The van der Waals surface area contributed by atoms with E-state index in [1.807, 2.05) is 0 Å². The Morgan fingerprint density at radius 3 is 2.09 bits per heavy atom. The van der Waals surface area contributed by atoms with Crippen molar-refractivity contribution in [2.24, 2.45) is 0 Å². The molecule has 10 heteroatoms. The standard InChI is InChI=1S/C33H30FN3O5S/c1-21(31(38)35-25-14-12-24(34)13-15-25)43-27-18-16-26(17-19-27)36-33(40)28(37-32(39)22-8-5-4-6-9-22)20-23-10-7-11-29(41-2)30(23)42-3/h4-21H,1-3H3,(H,35,38)(H,36,40)(H,37,39)/b28-20-. The van der Waals surface area contributed by atoms with Gasteiger partial charge in [-0.3, -0.25) is 14.4 Å². The Bertz CT molecular complexity index is 1610. The number of benzene rings is 4. The molecule has 1 unspecified atom stereocenters. The maximum Gasteiger partial charge on any atom is 0.272 e. The number of para-hydroxylation sites is 1. The van der Waals surface area contributed by atoms with E-state index in [1.165, 1.54) is 56.3 Å². The molecule has 0 radical (unpaired) electrons. The molecule has 0 saturated carbocycles. The van der Waals surface area contributed by atoms with Crippen LogP contribution in [0.3, 0.4) is 0 Å². The Kier molecular flexibility index (Phi) is 10.5. The molecule has 0 fully saturated rings. The molecule has 43 heavy (non-hydrogen) atoms. The van der Waals surface area contributed by atoms with Gasteiger partial charge in [0.25, 0.3) is 11.8 Å². The third-order valence-electron chi connectivity index (χ3n) is 6.17. The van der Waals surface area contributed by atoms with E-state index >= 15 is 0 Å². The Morgan fingerprint density at radius 2 is 1.44 bits per heavy atom. The van der Waals surface area contributed by atoms with E-state index in [0.717, 1.165) is 4.90 Å². The Balaban J connectivity index is 1.49. The van der Waals surface area contributed by atoms with Crippen molar-refractivity contribution in [3.05, 3.63) is 120 Å². The number of ether oxygens (including phenoxy) is 2. The second-order valence-corrected chi connectivity index (χ2v) is 10.6. The third-order valence-corrected chi connectivity index (χ3v) is 7.28. The zero-order chi connectivity index (χ0) is 30.8. The molecule has 1 atom stereocenters. The van der Waals surface area contributed by atoms with Gasteiger partial charge in [-0.1, -0.05) is 30.3 Å². The minimum atomic E-state index is -0.554. The van der Waals surface area contributed by atoms with Gasteiger partial charge in [0.05, 0.1) is 19.5 Å². The number of anilines is 2. The van der Waals surface area contributed by atoms with E-state index in [0.29, 0.717) is 34.0 Å². The van der Waals surface area contributed by atoms with Crippen LogP contribution in [-0.4, -0.2) is 37.2 Å². The minimum Gasteiger partial charge on any atom is -0.493 e. The van der Waals surface area contributed by atoms with Crippen molar-refractivity contribution in [2.75, 3.05) is 24.9 Å². The molecule has 220 valence electrons. The van der Waals surface area contributed by atoms with Crippen LogP contribution in [0.5, 0.6) is 11.5 Å².